The standard InChI is InChI=1S/C10H12ClN3.C5H5N3O.C2H6/c1-13-7-4-5-14(6-7)8-2-3-9(11)12-10(8)13;9-4-8-5-3-6-1-2-7-5;1-2/h2-3,7H,4-6H2,1H3;1-4H,(H,7,8,9);1-2H3/t7-;;/m0../s1. The molecule has 25 heavy (non-hydrogen) atoms. The highest BCUT2D eigenvalue weighted by molar-refractivity contribution is 6.29. The molecule has 2 aromatic rings. The van der Waals surface area contributed by atoms with Crippen LogP contribution >= 0.6 is 11.6 Å². The van der Waals surface area contributed by atoms with Crippen molar-refractivity contribution >= 4 is 35.3 Å². The number of nitrogens with one attached hydrogen (secondary N) is 1. The van der Waals surface area contributed by atoms with Crippen LogP contribution in [0.15, 0.2) is 30.7 Å². The molecule has 2 aliphatic rings. The van der Waals surface area contributed by atoms with E-state index in [0.29, 0.717) is 23.4 Å². The number of pyridine rings is 1. The van der Waals surface area contributed by atoms with E-state index in [-0.39, 0.29) is 0 Å². The zero-order chi connectivity index (χ0) is 18.2. The van der Waals surface area contributed by atoms with Crippen molar-refractivity contribution in [2.75, 3.05) is 35.3 Å². The smallest absolute Gasteiger partial charge is 0.212 e. The number of hydrogen-bond donors (Lipinski definition) is 1. The molecular weight excluding hydrogens is 340 g/mol. The van der Waals surface area contributed by atoms with Gasteiger partial charge in [0.1, 0.15) is 5.15 Å². The number of hydrogen-bond acceptors (Lipinski definition) is 6. The molecule has 0 aromatic carbocycles. The molecule has 0 spiro atoms. The number of likely N-dealkylation sites (N-methyl/N-ethyl adjacent to an activating group) is 1. The third-order valence-corrected chi connectivity index (χ3v) is 4.19. The lowest BCUT2D eigenvalue weighted by Crippen LogP contribution is -2.40. The molecule has 0 radical (unpaired) electrons. The van der Waals surface area contributed by atoms with Gasteiger partial charge in [0.15, 0.2) is 11.6 Å². The fourth-order valence-corrected chi connectivity index (χ4v) is 2.95. The van der Waals surface area contributed by atoms with Crippen molar-refractivity contribution < 1.29 is 4.79 Å². The lowest BCUT2D eigenvalue weighted by Gasteiger charge is -2.34. The van der Waals surface area contributed by atoms with E-state index in [2.05, 4.69) is 43.2 Å². The first kappa shape index (κ1) is 18.9. The van der Waals surface area contributed by atoms with Gasteiger partial charge in [0.25, 0.3) is 0 Å². The molecule has 0 saturated carbocycles. The molecule has 1 atom stereocenters. The molecule has 2 aromatic heterocycles. The maximum Gasteiger partial charge on any atom is 0.212 e. The van der Waals surface area contributed by atoms with Gasteiger partial charge in [-0.05, 0) is 18.6 Å². The highest BCUT2D eigenvalue weighted by Crippen LogP contribution is 2.38. The summed E-state index contributed by atoms with van der Waals surface area (Å²) in [5.74, 6) is 1.50. The summed E-state index contributed by atoms with van der Waals surface area (Å²) in [4.78, 5) is 26.3. The van der Waals surface area contributed by atoms with Gasteiger partial charge in [-0.1, -0.05) is 25.4 Å². The van der Waals surface area contributed by atoms with Crippen LogP contribution < -0.4 is 15.1 Å². The van der Waals surface area contributed by atoms with Crippen molar-refractivity contribution in [1.82, 2.24) is 15.0 Å². The Bertz CT molecular complexity index is 684. The van der Waals surface area contributed by atoms with E-state index in [1.807, 2.05) is 19.9 Å². The fourth-order valence-electron chi connectivity index (χ4n) is 2.81. The third-order valence-electron chi connectivity index (χ3n) is 3.98. The third kappa shape index (κ3) is 4.57. The van der Waals surface area contributed by atoms with Crippen molar-refractivity contribution in [3.05, 3.63) is 35.9 Å². The van der Waals surface area contributed by atoms with E-state index in [0.717, 1.165) is 18.9 Å². The molecule has 1 fully saturated rings. The second-order valence-electron chi connectivity index (χ2n) is 5.33. The van der Waals surface area contributed by atoms with Crippen molar-refractivity contribution in [3.63, 3.8) is 0 Å². The van der Waals surface area contributed by atoms with Gasteiger partial charge in [-0.15, -0.1) is 0 Å². The summed E-state index contributed by atoms with van der Waals surface area (Å²) in [6.07, 6.45) is 6.30. The SMILES string of the molecule is CC.CN1c2nc(Cl)ccc2N2CC[C@H]1C2.O=CNc1cnccn1. The molecule has 1 saturated heterocycles. The van der Waals surface area contributed by atoms with Crippen LogP contribution in [0.5, 0.6) is 0 Å². The Morgan fingerprint density at radius 3 is 2.80 bits per heavy atom. The number of carbonyl (C=O) groups is 1. The van der Waals surface area contributed by atoms with Gasteiger partial charge in [0.2, 0.25) is 6.41 Å². The molecule has 0 aliphatic carbocycles. The molecule has 4 rings (SSSR count). The van der Waals surface area contributed by atoms with Gasteiger partial charge < -0.3 is 15.1 Å². The number of halogens is 1. The van der Waals surface area contributed by atoms with Crippen LogP contribution in [-0.4, -0.2) is 47.5 Å². The first-order valence-corrected chi connectivity index (χ1v) is 8.67. The fraction of sp³-hybridized carbons (Fsp3) is 0.412. The normalized spacial score (nSPS) is 16.7. The van der Waals surface area contributed by atoms with Crippen LogP contribution in [0.25, 0.3) is 0 Å². The number of rotatable bonds is 2. The Morgan fingerprint density at radius 2 is 2.12 bits per heavy atom. The summed E-state index contributed by atoms with van der Waals surface area (Å²) in [6.45, 7) is 6.28. The van der Waals surface area contributed by atoms with E-state index in [1.165, 1.54) is 30.7 Å². The summed E-state index contributed by atoms with van der Waals surface area (Å²) in [5, 5.41) is 2.93. The van der Waals surface area contributed by atoms with Crippen molar-refractivity contribution in [1.29, 1.82) is 0 Å². The lowest BCUT2D eigenvalue weighted by atomic mass is 10.2. The topological polar surface area (TPSA) is 74.2 Å². The molecule has 0 unspecified atom stereocenters. The van der Waals surface area contributed by atoms with Crippen LogP contribution in [0.2, 0.25) is 5.15 Å². The van der Waals surface area contributed by atoms with Gasteiger partial charge in [-0.3, -0.25) is 9.78 Å². The number of carbonyl (C=O) groups excluding carboxylic acids is 1. The first-order chi connectivity index (χ1) is 12.2. The van der Waals surface area contributed by atoms with Crippen molar-refractivity contribution in [2.24, 2.45) is 0 Å². The van der Waals surface area contributed by atoms with E-state index in [1.54, 1.807) is 0 Å². The quantitative estimate of drug-likeness (QED) is 0.654. The molecule has 8 heteroatoms. The van der Waals surface area contributed by atoms with Crippen LogP contribution in [0.1, 0.15) is 20.3 Å². The van der Waals surface area contributed by atoms with Crippen LogP contribution in [0.4, 0.5) is 17.3 Å². The Labute approximate surface area is 153 Å². The largest absolute Gasteiger partial charge is 0.366 e. The average molecular weight is 363 g/mol. The van der Waals surface area contributed by atoms with Crippen molar-refractivity contribution in [3.8, 4) is 0 Å². The zero-order valence-corrected chi connectivity index (χ0v) is 15.4. The van der Waals surface area contributed by atoms with Gasteiger partial charge in [-0.2, -0.15) is 0 Å². The number of anilines is 3. The van der Waals surface area contributed by atoms with E-state index in [4.69, 9.17) is 11.6 Å². The molecule has 1 N–H and O–H groups in total. The minimum absolute atomic E-state index is 0.465. The van der Waals surface area contributed by atoms with Gasteiger partial charge >= 0.3 is 0 Å². The predicted octanol–water partition coefficient (Wildman–Crippen LogP) is 2.83. The minimum Gasteiger partial charge on any atom is -0.366 e. The monoisotopic (exact) mass is 362 g/mol. The summed E-state index contributed by atoms with van der Waals surface area (Å²) in [7, 11) is 2.11. The van der Waals surface area contributed by atoms with Crippen LogP contribution in [0, 0.1) is 0 Å². The van der Waals surface area contributed by atoms with Crippen LogP contribution in [0.3, 0.4) is 0 Å². The van der Waals surface area contributed by atoms with Gasteiger partial charge in [0, 0.05) is 38.6 Å². The zero-order valence-electron chi connectivity index (χ0n) is 14.7. The maximum atomic E-state index is 9.80. The van der Waals surface area contributed by atoms with Gasteiger partial charge in [-0.25, -0.2) is 9.97 Å². The van der Waals surface area contributed by atoms with E-state index < -0.39 is 0 Å². The summed E-state index contributed by atoms with van der Waals surface area (Å²) in [6, 6.07) is 4.56. The summed E-state index contributed by atoms with van der Waals surface area (Å²) >= 11 is 5.90. The number of aromatic nitrogens is 3. The molecule has 134 valence electrons. The molecule has 2 bridgehead atoms. The molecule has 1 amide bonds. The van der Waals surface area contributed by atoms with Crippen LogP contribution in [-0.2, 0) is 4.79 Å². The second-order valence-corrected chi connectivity index (χ2v) is 5.72. The average Bonchev–Trinajstić information content (AvgIpc) is 3.10. The van der Waals surface area contributed by atoms with Crippen molar-refractivity contribution in [2.45, 2.75) is 26.3 Å². The molecule has 2 aliphatic heterocycles. The first-order valence-electron chi connectivity index (χ1n) is 8.29. The molecule has 7 nitrogen and oxygen atoms in total. The van der Waals surface area contributed by atoms with Gasteiger partial charge in [0.05, 0.1) is 11.9 Å². The predicted molar refractivity (Wildman–Crippen MR) is 101 cm³/mol. The number of nitrogens with zero attached hydrogens (tertiary/aromatic N) is 5. The van der Waals surface area contributed by atoms with E-state index in [9.17, 15) is 4.79 Å². The molecule has 4 heterocycles. The lowest BCUT2D eigenvalue weighted by molar-refractivity contribution is -0.105. The highest BCUT2D eigenvalue weighted by atomic mass is 35.5. The summed E-state index contributed by atoms with van der Waals surface area (Å²) < 4.78 is 0. The molecular formula is C17H23ClN6O. The van der Waals surface area contributed by atoms with E-state index >= 15 is 0 Å². The Hall–Kier alpha value is -2.41. The Morgan fingerprint density at radius 1 is 1.32 bits per heavy atom. The maximum absolute atomic E-state index is 9.80. The highest BCUT2D eigenvalue weighted by Gasteiger charge is 2.34. The summed E-state index contributed by atoms with van der Waals surface area (Å²) in [5.41, 5.74) is 1.23. The Balaban J connectivity index is 0.000000179. The minimum atomic E-state index is 0.465. The number of fused-ring (bicyclic) bond motifs is 4. The second kappa shape index (κ2) is 9.17. The number of amides is 1. The Kier molecular flexibility index (Phi) is 6.94.